The number of hydrogen-bond donors (Lipinski definition) is 2. The molecule has 3 heteroatoms. The first-order valence-electron chi connectivity index (χ1n) is 9.60. The maximum Gasteiger partial charge on any atom is 0.312 e. The molecule has 6 aliphatic rings. The van der Waals surface area contributed by atoms with E-state index < -0.39 is 17.5 Å². The van der Waals surface area contributed by atoms with Crippen LogP contribution in [0.4, 0.5) is 0 Å². The highest BCUT2D eigenvalue weighted by Crippen LogP contribution is 2.85. The standard InChI is InChI=1S/C20H30O3/c1-17-6-5-15(21)19(3,16(22)23)13(17)4-7-20-9-12-11(8-14(17)20)18(12,2)10-20/h11-15,21H,4-10H2,1-3H3,(H,22,23)/t11-,12-,13+,14+,15-,17-,18-,19-,20+/m1/s1. The highest BCUT2D eigenvalue weighted by atomic mass is 16.4. The molecular formula is C20H30O3. The minimum absolute atomic E-state index is 0.111. The number of hydrogen-bond acceptors (Lipinski definition) is 2. The summed E-state index contributed by atoms with van der Waals surface area (Å²) in [5, 5.41) is 20.5. The molecule has 0 saturated heterocycles. The van der Waals surface area contributed by atoms with Gasteiger partial charge in [-0.15, -0.1) is 0 Å². The van der Waals surface area contributed by atoms with Crippen LogP contribution in [0, 0.1) is 45.3 Å². The molecule has 128 valence electrons. The van der Waals surface area contributed by atoms with Crippen molar-refractivity contribution in [2.45, 2.75) is 71.8 Å². The topological polar surface area (TPSA) is 57.5 Å². The number of carbonyl (C=O) groups is 1. The van der Waals surface area contributed by atoms with E-state index in [0.29, 0.717) is 23.2 Å². The molecule has 6 fully saturated rings. The summed E-state index contributed by atoms with van der Waals surface area (Å²) in [5.74, 6) is 1.92. The monoisotopic (exact) mass is 318 g/mol. The lowest BCUT2D eigenvalue weighted by Gasteiger charge is -2.65. The average molecular weight is 318 g/mol. The summed E-state index contributed by atoms with van der Waals surface area (Å²) < 4.78 is 0. The molecule has 23 heavy (non-hydrogen) atoms. The maximum absolute atomic E-state index is 12.1. The first-order chi connectivity index (χ1) is 10.7. The normalized spacial score (nSPS) is 65.7. The highest BCUT2D eigenvalue weighted by Gasteiger charge is 2.79. The van der Waals surface area contributed by atoms with E-state index in [1.807, 2.05) is 6.92 Å². The fourth-order valence-electron chi connectivity index (χ4n) is 8.82. The van der Waals surface area contributed by atoms with E-state index in [1.54, 1.807) is 0 Å². The minimum atomic E-state index is -0.956. The Hall–Kier alpha value is -0.570. The van der Waals surface area contributed by atoms with E-state index in [-0.39, 0.29) is 11.3 Å². The summed E-state index contributed by atoms with van der Waals surface area (Å²) in [6.07, 6.45) is 7.33. The van der Waals surface area contributed by atoms with Crippen molar-refractivity contribution in [2.24, 2.45) is 45.3 Å². The molecular weight excluding hydrogens is 288 g/mol. The molecule has 0 aromatic carbocycles. The van der Waals surface area contributed by atoms with Gasteiger partial charge in [-0.3, -0.25) is 4.79 Å². The van der Waals surface area contributed by atoms with Crippen molar-refractivity contribution in [1.82, 2.24) is 0 Å². The van der Waals surface area contributed by atoms with E-state index in [2.05, 4.69) is 13.8 Å². The number of fused-ring (bicyclic) bond motifs is 1. The van der Waals surface area contributed by atoms with Gasteiger partial charge in [0.2, 0.25) is 0 Å². The van der Waals surface area contributed by atoms with Crippen LogP contribution in [0.15, 0.2) is 0 Å². The molecule has 0 heterocycles. The van der Waals surface area contributed by atoms with Gasteiger partial charge >= 0.3 is 5.97 Å². The second-order valence-corrected chi connectivity index (χ2v) is 10.5. The smallest absolute Gasteiger partial charge is 0.312 e. The van der Waals surface area contributed by atoms with Crippen molar-refractivity contribution in [3.63, 3.8) is 0 Å². The van der Waals surface area contributed by atoms with Crippen LogP contribution in [0.3, 0.4) is 0 Å². The third kappa shape index (κ3) is 1.38. The van der Waals surface area contributed by atoms with Gasteiger partial charge in [-0.05, 0) is 91.8 Å². The van der Waals surface area contributed by atoms with Gasteiger partial charge in [0.05, 0.1) is 11.5 Å². The number of rotatable bonds is 1. The molecule has 6 aliphatic carbocycles. The van der Waals surface area contributed by atoms with Crippen LogP contribution in [0.25, 0.3) is 0 Å². The van der Waals surface area contributed by atoms with Gasteiger partial charge in [0.25, 0.3) is 0 Å². The zero-order valence-corrected chi connectivity index (χ0v) is 14.6. The minimum Gasteiger partial charge on any atom is -0.481 e. The molecule has 0 amide bonds. The molecule has 0 unspecified atom stereocenters. The lowest BCUT2D eigenvalue weighted by molar-refractivity contribution is -0.209. The second kappa shape index (κ2) is 3.81. The zero-order chi connectivity index (χ0) is 16.4. The van der Waals surface area contributed by atoms with Crippen molar-refractivity contribution >= 4 is 5.97 Å². The molecule has 3 nitrogen and oxygen atoms in total. The van der Waals surface area contributed by atoms with Gasteiger partial charge in [-0.25, -0.2) is 0 Å². The first-order valence-corrected chi connectivity index (χ1v) is 9.60. The van der Waals surface area contributed by atoms with Crippen molar-refractivity contribution in [1.29, 1.82) is 0 Å². The van der Waals surface area contributed by atoms with Gasteiger partial charge in [-0.1, -0.05) is 13.8 Å². The van der Waals surface area contributed by atoms with Crippen LogP contribution in [0.2, 0.25) is 0 Å². The average Bonchev–Trinajstić information content (AvgIpc) is 2.94. The number of carboxylic acids is 1. The number of carboxylic acid groups (broad SMARTS) is 1. The van der Waals surface area contributed by atoms with Crippen molar-refractivity contribution < 1.29 is 15.0 Å². The summed E-state index contributed by atoms with van der Waals surface area (Å²) in [7, 11) is 0. The predicted molar refractivity (Wildman–Crippen MR) is 86.7 cm³/mol. The third-order valence-corrected chi connectivity index (χ3v) is 10.0. The summed E-state index contributed by atoms with van der Waals surface area (Å²) >= 11 is 0. The first kappa shape index (κ1) is 14.7. The Morgan fingerprint density at radius 1 is 1.00 bits per heavy atom. The molecule has 0 aromatic rings. The second-order valence-electron chi connectivity index (χ2n) is 10.5. The Morgan fingerprint density at radius 2 is 1.74 bits per heavy atom. The molecule has 1 spiro atoms. The highest BCUT2D eigenvalue weighted by molar-refractivity contribution is 5.76. The van der Waals surface area contributed by atoms with Gasteiger partial charge < -0.3 is 10.2 Å². The maximum atomic E-state index is 12.1. The summed E-state index contributed by atoms with van der Waals surface area (Å²) in [6, 6.07) is 0. The molecule has 0 aliphatic heterocycles. The molecule has 4 bridgehead atoms. The summed E-state index contributed by atoms with van der Waals surface area (Å²) in [5.41, 5.74) is 0.284. The van der Waals surface area contributed by atoms with E-state index in [4.69, 9.17) is 0 Å². The molecule has 0 aromatic heterocycles. The molecule has 6 rings (SSSR count). The molecule has 2 N–H and O–H groups in total. The molecule has 6 saturated carbocycles. The Balaban J connectivity index is 1.57. The predicted octanol–water partition coefficient (Wildman–Crippen LogP) is 3.70. The van der Waals surface area contributed by atoms with Gasteiger partial charge in [0.15, 0.2) is 0 Å². The van der Waals surface area contributed by atoms with Crippen molar-refractivity contribution in [3.8, 4) is 0 Å². The van der Waals surface area contributed by atoms with Crippen molar-refractivity contribution in [2.75, 3.05) is 0 Å². The Labute approximate surface area is 138 Å². The zero-order valence-electron chi connectivity index (χ0n) is 14.6. The van der Waals surface area contributed by atoms with Crippen LogP contribution in [-0.2, 0) is 4.79 Å². The summed E-state index contributed by atoms with van der Waals surface area (Å²) in [6.45, 7) is 6.72. The number of aliphatic hydroxyl groups is 1. The quantitative estimate of drug-likeness (QED) is 0.775. The Kier molecular flexibility index (Phi) is 2.45. The summed E-state index contributed by atoms with van der Waals surface area (Å²) in [4.78, 5) is 12.1. The van der Waals surface area contributed by atoms with E-state index in [9.17, 15) is 15.0 Å². The van der Waals surface area contributed by atoms with Crippen LogP contribution >= 0.6 is 0 Å². The molecule has 0 radical (unpaired) electrons. The number of aliphatic carboxylic acids is 1. The third-order valence-electron chi connectivity index (χ3n) is 10.0. The van der Waals surface area contributed by atoms with E-state index in [0.717, 1.165) is 24.7 Å². The van der Waals surface area contributed by atoms with E-state index >= 15 is 0 Å². The Bertz CT molecular complexity index is 602. The largest absolute Gasteiger partial charge is 0.481 e. The van der Waals surface area contributed by atoms with Gasteiger partial charge in [-0.2, -0.15) is 0 Å². The van der Waals surface area contributed by atoms with Gasteiger partial charge in [0.1, 0.15) is 0 Å². The lowest BCUT2D eigenvalue weighted by atomic mass is 9.39. The van der Waals surface area contributed by atoms with E-state index in [1.165, 1.54) is 25.7 Å². The Morgan fingerprint density at radius 3 is 2.35 bits per heavy atom. The number of aliphatic hydroxyl groups excluding tert-OH is 1. The van der Waals surface area contributed by atoms with Crippen molar-refractivity contribution in [3.05, 3.63) is 0 Å². The van der Waals surface area contributed by atoms with Crippen LogP contribution in [0.5, 0.6) is 0 Å². The lowest BCUT2D eigenvalue weighted by Crippen LogP contribution is -2.63. The SMILES string of the molecule is C[C@@]12C[C@@]34CC[C@H]5[C@@](C)(CC[C@@H](O)[C@]5(C)C(=O)O)[C@@H]3C[C@@H]1[C@H]2C4. The molecule has 9 atom stereocenters. The van der Waals surface area contributed by atoms with Crippen LogP contribution < -0.4 is 0 Å². The van der Waals surface area contributed by atoms with Gasteiger partial charge in [0, 0.05) is 0 Å². The fraction of sp³-hybridized carbons (Fsp3) is 0.950. The fourth-order valence-corrected chi connectivity index (χ4v) is 8.82. The van der Waals surface area contributed by atoms with Crippen LogP contribution in [0.1, 0.15) is 65.7 Å². The van der Waals surface area contributed by atoms with Crippen LogP contribution in [-0.4, -0.2) is 22.3 Å².